The van der Waals surface area contributed by atoms with E-state index >= 15 is 0 Å². The lowest BCUT2D eigenvalue weighted by Crippen LogP contribution is -1.97. The number of ether oxygens (including phenoxy) is 1. The van der Waals surface area contributed by atoms with Gasteiger partial charge >= 0.3 is 0 Å². The highest BCUT2D eigenvalue weighted by Gasteiger charge is 2.06. The van der Waals surface area contributed by atoms with Gasteiger partial charge in [-0.1, -0.05) is 26.0 Å². The Kier molecular flexibility index (Phi) is 4.88. The topological polar surface area (TPSA) is 43.4 Å². The largest absolute Gasteiger partial charge is 0.457 e. The van der Waals surface area contributed by atoms with E-state index in [-0.39, 0.29) is 11.6 Å². The van der Waals surface area contributed by atoms with Crippen molar-refractivity contribution in [2.24, 2.45) is 0 Å². The molecule has 0 spiro atoms. The Bertz CT molecular complexity index is 642. The van der Waals surface area contributed by atoms with Crippen LogP contribution >= 0.6 is 0 Å². The summed E-state index contributed by atoms with van der Waals surface area (Å²) in [7, 11) is 0. The molecule has 0 unspecified atom stereocenters. The highest BCUT2D eigenvalue weighted by atomic mass is 16.5. The summed E-state index contributed by atoms with van der Waals surface area (Å²) in [6.45, 7) is 3.67. The minimum Gasteiger partial charge on any atom is -0.457 e. The minimum absolute atomic E-state index is 0.0874. The summed E-state index contributed by atoms with van der Waals surface area (Å²) in [5.41, 5.74) is 1.33. The van der Waals surface area contributed by atoms with Gasteiger partial charge in [0.25, 0.3) is 0 Å². The fourth-order valence-electron chi connectivity index (χ4n) is 1.99. The average Bonchev–Trinajstić information content (AvgIpc) is 2.54. The molecule has 2 aromatic rings. The quantitative estimate of drug-likeness (QED) is 0.723. The Hall–Kier alpha value is -2.42. The predicted molar refractivity (Wildman–Crippen MR) is 82.2 cm³/mol. The molecule has 21 heavy (non-hydrogen) atoms. The van der Waals surface area contributed by atoms with E-state index in [1.807, 2.05) is 13.8 Å². The highest BCUT2D eigenvalue weighted by Crippen LogP contribution is 2.23. The standard InChI is InChI=1S/C18H18O3/c1-3-17(19)13-8-10-15(11-9-13)21-16-7-5-6-14(12-16)18(20)4-2/h5-12H,3-4H2,1-2H3. The van der Waals surface area contributed by atoms with Crippen LogP contribution in [0.2, 0.25) is 0 Å². The van der Waals surface area contributed by atoms with Crippen LogP contribution < -0.4 is 4.74 Å². The molecule has 0 saturated heterocycles. The molecule has 0 aliphatic carbocycles. The van der Waals surface area contributed by atoms with E-state index in [1.54, 1.807) is 48.5 Å². The maximum Gasteiger partial charge on any atom is 0.162 e. The van der Waals surface area contributed by atoms with Crippen molar-refractivity contribution in [2.45, 2.75) is 26.7 Å². The third-order valence-electron chi connectivity index (χ3n) is 3.21. The van der Waals surface area contributed by atoms with Crippen LogP contribution in [0.15, 0.2) is 48.5 Å². The van der Waals surface area contributed by atoms with E-state index in [0.717, 1.165) is 0 Å². The van der Waals surface area contributed by atoms with Crippen LogP contribution in [-0.4, -0.2) is 11.6 Å². The van der Waals surface area contributed by atoms with Gasteiger partial charge in [-0.3, -0.25) is 9.59 Å². The summed E-state index contributed by atoms with van der Waals surface area (Å²) < 4.78 is 5.72. The van der Waals surface area contributed by atoms with Crippen LogP contribution in [0, 0.1) is 0 Å². The molecule has 0 saturated carbocycles. The van der Waals surface area contributed by atoms with Crippen molar-refractivity contribution in [2.75, 3.05) is 0 Å². The molecule has 0 heterocycles. The molecular formula is C18H18O3. The molecule has 3 nitrogen and oxygen atoms in total. The van der Waals surface area contributed by atoms with E-state index in [2.05, 4.69) is 0 Å². The van der Waals surface area contributed by atoms with E-state index in [0.29, 0.717) is 35.5 Å². The van der Waals surface area contributed by atoms with Crippen LogP contribution in [0.1, 0.15) is 47.4 Å². The van der Waals surface area contributed by atoms with Crippen molar-refractivity contribution < 1.29 is 14.3 Å². The Morgan fingerprint density at radius 3 is 2.05 bits per heavy atom. The Morgan fingerprint density at radius 2 is 1.43 bits per heavy atom. The molecule has 0 bridgehead atoms. The zero-order valence-corrected chi connectivity index (χ0v) is 12.3. The Morgan fingerprint density at radius 1 is 0.810 bits per heavy atom. The average molecular weight is 282 g/mol. The molecule has 2 rings (SSSR count). The van der Waals surface area contributed by atoms with Crippen molar-refractivity contribution in [1.29, 1.82) is 0 Å². The van der Waals surface area contributed by atoms with E-state index in [4.69, 9.17) is 4.74 Å². The molecule has 2 aromatic carbocycles. The number of hydrogen-bond acceptors (Lipinski definition) is 3. The predicted octanol–water partition coefficient (Wildman–Crippen LogP) is 4.66. The fraction of sp³-hybridized carbons (Fsp3) is 0.222. The molecule has 0 aliphatic heterocycles. The monoisotopic (exact) mass is 282 g/mol. The summed E-state index contributed by atoms with van der Waals surface area (Å²) in [5.74, 6) is 1.45. The van der Waals surface area contributed by atoms with Gasteiger partial charge in [0.15, 0.2) is 11.6 Å². The van der Waals surface area contributed by atoms with Gasteiger partial charge in [-0.05, 0) is 36.4 Å². The molecule has 0 radical (unpaired) electrons. The lowest BCUT2D eigenvalue weighted by Gasteiger charge is -2.07. The maximum atomic E-state index is 11.7. The number of rotatable bonds is 6. The van der Waals surface area contributed by atoms with Gasteiger partial charge in [-0.25, -0.2) is 0 Å². The van der Waals surface area contributed by atoms with Crippen LogP contribution in [0.25, 0.3) is 0 Å². The molecule has 0 aromatic heterocycles. The zero-order valence-electron chi connectivity index (χ0n) is 12.3. The number of Topliss-reactive ketones (excluding diaryl/α,β-unsaturated/α-hetero) is 2. The molecule has 108 valence electrons. The third kappa shape index (κ3) is 3.78. The first-order valence-corrected chi connectivity index (χ1v) is 7.08. The van der Waals surface area contributed by atoms with Crippen molar-refractivity contribution in [3.05, 3.63) is 59.7 Å². The first kappa shape index (κ1) is 15.0. The second-order valence-electron chi connectivity index (χ2n) is 4.71. The van der Waals surface area contributed by atoms with Gasteiger partial charge < -0.3 is 4.74 Å². The molecule has 0 fully saturated rings. The van der Waals surface area contributed by atoms with Crippen molar-refractivity contribution in [3.8, 4) is 11.5 Å². The highest BCUT2D eigenvalue weighted by molar-refractivity contribution is 5.96. The molecule has 3 heteroatoms. The summed E-state index contributed by atoms with van der Waals surface area (Å²) in [6.07, 6.45) is 0.957. The first-order valence-electron chi connectivity index (χ1n) is 7.08. The lowest BCUT2D eigenvalue weighted by molar-refractivity contribution is 0.0980. The molecule has 0 N–H and O–H groups in total. The number of carbonyl (C=O) groups is 2. The van der Waals surface area contributed by atoms with Gasteiger partial charge in [-0.2, -0.15) is 0 Å². The summed E-state index contributed by atoms with van der Waals surface area (Å²) in [5, 5.41) is 0. The van der Waals surface area contributed by atoms with Crippen molar-refractivity contribution >= 4 is 11.6 Å². The number of carbonyl (C=O) groups excluding carboxylic acids is 2. The van der Waals surface area contributed by atoms with E-state index < -0.39 is 0 Å². The summed E-state index contributed by atoms with van der Waals surface area (Å²) >= 11 is 0. The molecule has 0 aliphatic rings. The maximum absolute atomic E-state index is 11.7. The van der Waals surface area contributed by atoms with Crippen LogP contribution in [0.5, 0.6) is 11.5 Å². The van der Waals surface area contributed by atoms with Gasteiger partial charge in [-0.15, -0.1) is 0 Å². The third-order valence-corrected chi connectivity index (χ3v) is 3.21. The Balaban J connectivity index is 2.15. The summed E-state index contributed by atoms with van der Waals surface area (Å²) in [4.78, 5) is 23.2. The number of hydrogen-bond donors (Lipinski definition) is 0. The number of ketones is 2. The minimum atomic E-state index is 0.0874. The first-order chi connectivity index (χ1) is 10.1. The van der Waals surface area contributed by atoms with Crippen LogP contribution in [0.3, 0.4) is 0 Å². The van der Waals surface area contributed by atoms with Gasteiger partial charge in [0, 0.05) is 24.0 Å². The van der Waals surface area contributed by atoms with Crippen LogP contribution in [0.4, 0.5) is 0 Å². The molecule has 0 atom stereocenters. The van der Waals surface area contributed by atoms with Crippen molar-refractivity contribution in [3.63, 3.8) is 0 Å². The second-order valence-corrected chi connectivity index (χ2v) is 4.71. The Labute approximate surface area is 124 Å². The zero-order chi connectivity index (χ0) is 15.2. The van der Waals surface area contributed by atoms with Crippen LogP contribution in [-0.2, 0) is 0 Å². The van der Waals surface area contributed by atoms with Crippen molar-refractivity contribution in [1.82, 2.24) is 0 Å². The van der Waals surface area contributed by atoms with Gasteiger partial charge in [0.2, 0.25) is 0 Å². The SMILES string of the molecule is CCC(=O)c1ccc(Oc2cccc(C(=O)CC)c2)cc1. The lowest BCUT2D eigenvalue weighted by atomic mass is 10.1. The second kappa shape index (κ2) is 6.84. The normalized spacial score (nSPS) is 10.2. The summed E-state index contributed by atoms with van der Waals surface area (Å²) in [6, 6.07) is 14.1. The van der Waals surface area contributed by atoms with E-state index in [9.17, 15) is 9.59 Å². The molecular weight excluding hydrogens is 264 g/mol. The van der Waals surface area contributed by atoms with Gasteiger partial charge in [0.1, 0.15) is 11.5 Å². The van der Waals surface area contributed by atoms with Gasteiger partial charge in [0.05, 0.1) is 0 Å². The number of benzene rings is 2. The smallest absolute Gasteiger partial charge is 0.162 e. The molecule has 0 amide bonds. The van der Waals surface area contributed by atoms with E-state index in [1.165, 1.54) is 0 Å². The fourth-order valence-corrected chi connectivity index (χ4v) is 1.99.